The Morgan fingerprint density at radius 3 is 2.53 bits per heavy atom. The second-order valence-electron chi connectivity index (χ2n) is 6.44. The molecule has 3 rings (SSSR count). The number of hydrogen-bond acceptors (Lipinski definition) is 2. The first-order valence-electron chi connectivity index (χ1n) is 7.88. The average molecular weight is 236 g/mol. The highest BCUT2D eigenvalue weighted by atomic mass is 15.2. The van der Waals surface area contributed by atoms with Gasteiger partial charge >= 0.3 is 0 Å². The fraction of sp³-hybridized carbons (Fsp3) is 1.00. The van der Waals surface area contributed by atoms with Gasteiger partial charge in [-0.2, -0.15) is 0 Å². The summed E-state index contributed by atoms with van der Waals surface area (Å²) in [5, 5.41) is 3.64. The summed E-state index contributed by atoms with van der Waals surface area (Å²) in [5.74, 6) is 2.07. The first-order chi connectivity index (χ1) is 8.43. The van der Waals surface area contributed by atoms with Gasteiger partial charge in [0.2, 0.25) is 0 Å². The van der Waals surface area contributed by atoms with Crippen molar-refractivity contribution in [2.45, 2.75) is 57.4 Å². The zero-order valence-electron chi connectivity index (χ0n) is 11.2. The maximum Gasteiger partial charge on any atom is 0.0124 e. The van der Waals surface area contributed by atoms with Crippen molar-refractivity contribution >= 4 is 0 Å². The highest BCUT2D eigenvalue weighted by Gasteiger charge is 2.32. The summed E-state index contributed by atoms with van der Waals surface area (Å²) in [4.78, 5) is 2.79. The topological polar surface area (TPSA) is 15.3 Å². The van der Waals surface area contributed by atoms with Gasteiger partial charge in [-0.15, -0.1) is 0 Å². The van der Waals surface area contributed by atoms with Crippen molar-refractivity contribution in [3.05, 3.63) is 0 Å². The molecule has 1 aliphatic heterocycles. The quantitative estimate of drug-likeness (QED) is 0.713. The van der Waals surface area contributed by atoms with Crippen molar-refractivity contribution in [2.24, 2.45) is 11.8 Å². The molecular weight excluding hydrogens is 208 g/mol. The molecule has 1 heterocycles. The van der Waals surface area contributed by atoms with Crippen molar-refractivity contribution in [1.82, 2.24) is 10.2 Å². The van der Waals surface area contributed by atoms with E-state index in [-0.39, 0.29) is 0 Å². The smallest absolute Gasteiger partial charge is 0.0124 e. The van der Waals surface area contributed by atoms with Gasteiger partial charge in [-0.05, 0) is 63.5 Å². The van der Waals surface area contributed by atoms with Crippen molar-refractivity contribution in [3.8, 4) is 0 Å². The van der Waals surface area contributed by atoms with E-state index in [0.717, 1.165) is 17.9 Å². The van der Waals surface area contributed by atoms with Gasteiger partial charge < -0.3 is 5.32 Å². The molecule has 2 nitrogen and oxygen atoms in total. The third kappa shape index (κ3) is 3.23. The van der Waals surface area contributed by atoms with E-state index in [1.165, 1.54) is 77.5 Å². The highest BCUT2D eigenvalue weighted by Crippen LogP contribution is 2.35. The Balaban J connectivity index is 1.38. The number of nitrogens with zero attached hydrogens (tertiary/aromatic N) is 1. The first-order valence-corrected chi connectivity index (χ1v) is 7.88. The van der Waals surface area contributed by atoms with E-state index >= 15 is 0 Å². The molecule has 1 saturated heterocycles. The van der Waals surface area contributed by atoms with Crippen LogP contribution in [0.5, 0.6) is 0 Å². The Bertz CT molecular complexity index is 231. The van der Waals surface area contributed by atoms with Gasteiger partial charge in [0.25, 0.3) is 0 Å². The fourth-order valence-corrected chi connectivity index (χ4v) is 3.86. The van der Waals surface area contributed by atoms with Crippen LogP contribution in [0.15, 0.2) is 0 Å². The lowest BCUT2D eigenvalue weighted by Gasteiger charge is -2.29. The van der Waals surface area contributed by atoms with E-state index in [9.17, 15) is 0 Å². The molecule has 0 spiro atoms. The second-order valence-corrected chi connectivity index (χ2v) is 6.44. The van der Waals surface area contributed by atoms with Gasteiger partial charge in [-0.1, -0.05) is 12.8 Å². The largest absolute Gasteiger partial charge is 0.315 e. The van der Waals surface area contributed by atoms with Crippen LogP contribution in [0.3, 0.4) is 0 Å². The number of nitrogens with one attached hydrogen (secondary N) is 1. The molecule has 3 aliphatic rings. The molecule has 0 aromatic rings. The molecule has 2 saturated carbocycles. The Kier molecular flexibility index (Phi) is 4.02. The molecule has 1 N–H and O–H groups in total. The lowest BCUT2D eigenvalue weighted by atomic mass is 9.96. The van der Waals surface area contributed by atoms with Gasteiger partial charge in [0.1, 0.15) is 0 Å². The maximum atomic E-state index is 3.64. The Labute approximate surface area is 106 Å². The zero-order chi connectivity index (χ0) is 11.5. The van der Waals surface area contributed by atoms with E-state index < -0.39 is 0 Å². The SMILES string of the molecule is C1CCC(C2CCCN2CCNCC2CC2)C1. The highest BCUT2D eigenvalue weighted by molar-refractivity contribution is 4.87. The molecule has 0 aromatic carbocycles. The predicted octanol–water partition coefficient (Wildman–Crippen LogP) is 2.64. The molecule has 2 heteroatoms. The zero-order valence-corrected chi connectivity index (χ0v) is 11.2. The van der Waals surface area contributed by atoms with Crippen LogP contribution in [-0.4, -0.2) is 37.1 Å². The summed E-state index contributed by atoms with van der Waals surface area (Å²) in [6, 6.07) is 0.945. The monoisotopic (exact) mass is 236 g/mol. The average Bonchev–Trinajstić information content (AvgIpc) is 2.82. The predicted molar refractivity (Wildman–Crippen MR) is 72.1 cm³/mol. The summed E-state index contributed by atoms with van der Waals surface area (Å²) < 4.78 is 0. The molecular formula is C15H28N2. The maximum absolute atomic E-state index is 3.64. The molecule has 1 unspecified atom stereocenters. The van der Waals surface area contributed by atoms with Crippen LogP contribution in [0.25, 0.3) is 0 Å². The standard InChI is InChI=1S/C15H28N2/c1-2-5-14(4-1)15-6-3-10-17(15)11-9-16-12-13-7-8-13/h13-16H,1-12H2. The summed E-state index contributed by atoms with van der Waals surface area (Å²) >= 11 is 0. The minimum absolute atomic E-state index is 0.945. The van der Waals surface area contributed by atoms with Crippen LogP contribution in [0.2, 0.25) is 0 Å². The van der Waals surface area contributed by atoms with Crippen LogP contribution in [0.4, 0.5) is 0 Å². The summed E-state index contributed by atoms with van der Waals surface area (Å²) in [6.45, 7) is 5.17. The minimum atomic E-state index is 0.945. The minimum Gasteiger partial charge on any atom is -0.315 e. The Hall–Kier alpha value is -0.0800. The van der Waals surface area contributed by atoms with Crippen LogP contribution >= 0.6 is 0 Å². The number of likely N-dealkylation sites (tertiary alicyclic amines) is 1. The lowest BCUT2D eigenvalue weighted by Crippen LogP contribution is -2.39. The summed E-state index contributed by atoms with van der Waals surface area (Å²) in [7, 11) is 0. The molecule has 0 amide bonds. The molecule has 0 aromatic heterocycles. The summed E-state index contributed by atoms with van der Waals surface area (Å²) in [5.41, 5.74) is 0. The molecule has 1 atom stereocenters. The van der Waals surface area contributed by atoms with Crippen LogP contribution in [-0.2, 0) is 0 Å². The van der Waals surface area contributed by atoms with Crippen molar-refractivity contribution in [2.75, 3.05) is 26.2 Å². The van der Waals surface area contributed by atoms with E-state index in [0.29, 0.717) is 0 Å². The van der Waals surface area contributed by atoms with Crippen molar-refractivity contribution < 1.29 is 0 Å². The molecule has 2 aliphatic carbocycles. The van der Waals surface area contributed by atoms with Gasteiger partial charge in [0, 0.05) is 19.1 Å². The van der Waals surface area contributed by atoms with E-state index in [1.54, 1.807) is 0 Å². The van der Waals surface area contributed by atoms with E-state index in [1.807, 2.05) is 0 Å². The second kappa shape index (κ2) is 5.71. The van der Waals surface area contributed by atoms with Crippen molar-refractivity contribution in [3.63, 3.8) is 0 Å². The Morgan fingerprint density at radius 2 is 1.76 bits per heavy atom. The van der Waals surface area contributed by atoms with Gasteiger partial charge in [-0.25, -0.2) is 0 Å². The molecule has 3 fully saturated rings. The van der Waals surface area contributed by atoms with E-state index in [2.05, 4.69) is 10.2 Å². The number of rotatable bonds is 6. The van der Waals surface area contributed by atoms with Gasteiger partial charge in [0.05, 0.1) is 0 Å². The molecule has 17 heavy (non-hydrogen) atoms. The number of hydrogen-bond donors (Lipinski definition) is 1. The van der Waals surface area contributed by atoms with E-state index in [4.69, 9.17) is 0 Å². The Morgan fingerprint density at radius 1 is 0.941 bits per heavy atom. The molecule has 0 bridgehead atoms. The van der Waals surface area contributed by atoms with Gasteiger partial charge in [0.15, 0.2) is 0 Å². The van der Waals surface area contributed by atoms with Crippen LogP contribution < -0.4 is 5.32 Å². The normalized spacial score (nSPS) is 31.4. The van der Waals surface area contributed by atoms with Gasteiger partial charge in [-0.3, -0.25) is 4.90 Å². The third-order valence-corrected chi connectivity index (χ3v) is 5.06. The van der Waals surface area contributed by atoms with Crippen molar-refractivity contribution in [1.29, 1.82) is 0 Å². The fourth-order valence-electron chi connectivity index (χ4n) is 3.86. The molecule has 98 valence electrons. The first kappa shape index (κ1) is 12.0. The lowest BCUT2D eigenvalue weighted by molar-refractivity contribution is 0.191. The summed E-state index contributed by atoms with van der Waals surface area (Å²) in [6.07, 6.45) is 11.9. The van der Waals surface area contributed by atoms with Crippen LogP contribution in [0.1, 0.15) is 51.4 Å². The molecule has 0 radical (unpaired) electrons. The third-order valence-electron chi connectivity index (χ3n) is 5.06. The van der Waals surface area contributed by atoms with Crippen LogP contribution in [0, 0.1) is 11.8 Å².